The first-order valence-electron chi connectivity index (χ1n) is 15.1. The van der Waals surface area contributed by atoms with Crippen molar-refractivity contribution >= 4 is 11.9 Å². The topological polar surface area (TPSA) is 71.1 Å². The molecule has 0 fully saturated rings. The second kappa shape index (κ2) is 13.1. The van der Waals surface area contributed by atoms with Gasteiger partial charge in [-0.05, 0) is 70.9 Å². The fraction of sp³-hybridized carbons (Fsp3) is 0.611. The molecule has 42 heavy (non-hydrogen) atoms. The predicted octanol–water partition coefficient (Wildman–Crippen LogP) is 8.43. The minimum absolute atomic E-state index is 0.145. The summed E-state index contributed by atoms with van der Waals surface area (Å²) in [6.07, 6.45) is 0. The molecule has 0 N–H and O–H groups in total. The second-order valence-electron chi connectivity index (χ2n) is 15.0. The summed E-state index contributed by atoms with van der Waals surface area (Å²) in [6, 6.07) is 8.73. The maximum absolute atomic E-state index is 12.3. The van der Waals surface area contributed by atoms with E-state index in [-0.39, 0.29) is 46.8 Å². The standard InChI is InChI=1S/C36H54O6/c1-15-39-29(37)21-41-31-25(33(3,4)5)17-23(18-26(31)34(6,7)8)24-19-27(35(9,10)11)32(28(20-24)36(12,13)14)42-22-30(38)40-16-2/h17-20H,15-16,21-22H2,1-14H3. The van der Waals surface area contributed by atoms with Gasteiger partial charge in [0.05, 0.1) is 13.2 Å². The van der Waals surface area contributed by atoms with E-state index in [1.54, 1.807) is 13.8 Å². The highest BCUT2D eigenvalue weighted by Crippen LogP contribution is 2.46. The Kier molecular flexibility index (Phi) is 11.0. The summed E-state index contributed by atoms with van der Waals surface area (Å²) in [6.45, 7) is 29.8. The Morgan fingerprint density at radius 2 is 0.738 bits per heavy atom. The van der Waals surface area contributed by atoms with Crippen LogP contribution in [-0.2, 0) is 40.7 Å². The minimum Gasteiger partial charge on any atom is -0.481 e. The smallest absolute Gasteiger partial charge is 0.344 e. The van der Waals surface area contributed by atoms with Crippen LogP contribution in [0.4, 0.5) is 0 Å². The molecular weight excluding hydrogens is 528 g/mol. The van der Waals surface area contributed by atoms with E-state index in [0.29, 0.717) is 13.2 Å². The molecule has 0 aliphatic heterocycles. The molecule has 0 spiro atoms. The van der Waals surface area contributed by atoms with Gasteiger partial charge in [-0.1, -0.05) is 83.1 Å². The SMILES string of the molecule is CCOC(=O)COc1c(C(C)(C)C)cc(-c2cc(C(C)(C)C)c(OCC(=O)OCC)c(C(C)(C)C)c2)cc1C(C)(C)C. The summed E-state index contributed by atoms with van der Waals surface area (Å²) in [5.41, 5.74) is 5.15. The van der Waals surface area contributed by atoms with Crippen molar-refractivity contribution in [1.29, 1.82) is 0 Å². The van der Waals surface area contributed by atoms with Gasteiger partial charge in [0.15, 0.2) is 13.2 Å². The lowest BCUT2D eigenvalue weighted by molar-refractivity contribution is -0.146. The van der Waals surface area contributed by atoms with Crippen molar-refractivity contribution in [3.8, 4) is 22.6 Å². The van der Waals surface area contributed by atoms with Gasteiger partial charge >= 0.3 is 11.9 Å². The van der Waals surface area contributed by atoms with E-state index in [9.17, 15) is 9.59 Å². The molecule has 0 aromatic heterocycles. The first kappa shape index (κ1) is 35.2. The van der Waals surface area contributed by atoms with Gasteiger partial charge in [0.25, 0.3) is 0 Å². The van der Waals surface area contributed by atoms with Crippen LogP contribution in [0.2, 0.25) is 0 Å². The van der Waals surface area contributed by atoms with Crippen LogP contribution in [-0.4, -0.2) is 38.4 Å². The van der Waals surface area contributed by atoms with E-state index in [1.807, 2.05) is 0 Å². The van der Waals surface area contributed by atoms with Crippen LogP contribution in [0.1, 0.15) is 119 Å². The van der Waals surface area contributed by atoms with Crippen LogP contribution in [0.3, 0.4) is 0 Å². The van der Waals surface area contributed by atoms with Gasteiger partial charge in [-0.2, -0.15) is 0 Å². The first-order valence-corrected chi connectivity index (χ1v) is 15.1. The third-order valence-corrected chi connectivity index (χ3v) is 7.02. The highest BCUT2D eigenvalue weighted by Gasteiger charge is 2.32. The minimum atomic E-state index is -0.385. The number of carbonyl (C=O) groups excluding carboxylic acids is 2. The Morgan fingerprint density at radius 3 is 0.929 bits per heavy atom. The summed E-state index contributed by atoms with van der Waals surface area (Å²) >= 11 is 0. The van der Waals surface area contributed by atoms with Crippen LogP contribution in [0.25, 0.3) is 11.1 Å². The normalized spacial score (nSPS) is 12.6. The molecule has 2 aromatic rings. The lowest BCUT2D eigenvalue weighted by atomic mass is 9.75. The molecule has 2 rings (SSSR count). The molecule has 0 bridgehead atoms. The number of benzene rings is 2. The summed E-state index contributed by atoms with van der Waals surface area (Å²) in [5, 5.41) is 0. The third-order valence-electron chi connectivity index (χ3n) is 7.02. The van der Waals surface area contributed by atoms with Crippen molar-refractivity contribution < 1.29 is 28.5 Å². The Bertz CT molecular complexity index is 1090. The molecular formula is C36H54O6. The van der Waals surface area contributed by atoms with Crippen LogP contribution < -0.4 is 9.47 Å². The van der Waals surface area contributed by atoms with E-state index >= 15 is 0 Å². The molecule has 0 saturated carbocycles. The van der Waals surface area contributed by atoms with Gasteiger partial charge in [-0.15, -0.1) is 0 Å². The van der Waals surface area contributed by atoms with Crippen LogP contribution in [0.5, 0.6) is 11.5 Å². The average molecular weight is 583 g/mol. The van der Waals surface area contributed by atoms with Crippen LogP contribution in [0, 0.1) is 0 Å². The van der Waals surface area contributed by atoms with Gasteiger partial charge in [-0.3, -0.25) is 0 Å². The van der Waals surface area contributed by atoms with E-state index < -0.39 is 0 Å². The third kappa shape index (κ3) is 8.99. The van der Waals surface area contributed by atoms with Gasteiger partial charge in [0.2, 0.25) is 0 Å². The largest absolute Gasteiger partial charge is 0.481 e. The zero-order chi connectivity index (χ0) is 32.3. The zero-order valence-corrected chi connectivity index (χ0v) is 28.6. The predicted molar refractivity (Wildman–Crippen MR) is 171 cm³/mol. The molecule has 0 saturated heterocycles. The Hall–Kier alpha value is -3.02. The maximum Gasteiger partial charge on any atom is 0.344 e. The molecule has 0 unspecified atom stereocenters. The summed E-state index contributed by atoms with van der Waals surface area (Å²) in [7, 11) is 0. The molecule has 0 radical (unpaired) electrons. The van der Waals surface area contributed by atoms with Crippen molar-refractivity contribution in [3.05, 3.63) is 46.5 Å². The molecule has 0 heterocycles. The molecule has 0 atom stereocenters. The fourth-order valence-electron chi connectivity index (χ4n) is 4.80. The monoisotopic (exact) mass is 582 g/mol. The molecule has 0 amide bonds. The van der Waals surface area contributed by atoms with Crippen molar-refractivity contribution in [1.82, 2.24) is 0 Å². The first-order chi connectivity index (χ1) is 19.1. The zero-order valence-electron chi connectivity index (χ0n) is 28.6. The lowest BCUT2D eigenvalue weighted by Crippen LogP contribution is -2.24. The number of hydrogen-bond donors (Lipinski definition) is 0. The van der Waals surface area contributed by atoms with Gasteiger partial charge in [0.1, 0.15) is 11.5 Å². The number of hydrogen-bond acceptors (Lipinski definition) is 6. The van der Waals surface area contributed by atoms with Crippen LogP contribution >= 0.6 is 0 Å². The molecule has 0 aliphatic rings. The molecule has 6 heteroatoms. The highest BCUT2D eigenvalue weighted by molar-refractivity contribution is 5.75. The Labute approximate surface area is 254 Å². The Morgan fingerprint density at radius 1 is 0.500 bits per heavy atom. The van der Waals surface area contributed by atoms with E-state index in [0.717, 1.165) is 44.9 Å². The summed E-state index contributed by atoms with van der Waals surface area (Å²) < 4.78 is 22.8. The maximum atomic E-state index is 12.3. The molecule has 234 valence electrons. The van der Waals surface area contributed by atoms with E-state index in [4.69, 9.17) is 18.9 Å². The summed E-state index contributed by atoms with van der Waals surface area (Å²) in [5.74, 6) is 0.690. The van der Waals surface area contributed by atoms with Gasteiger partial charge < -0.3 is 18.9 Å². The number of rotatable bonds is 9. The van der Waals surface area contributed by atoms with Gasteiger partial charge in [-0.25, -0.2) is 9.59 Å². The number of carbonyl (C=O) groups is 2. The van der Waals surface area contributed by atoms with Crippen molar-refractivity contribution in [2.45, 2.75) is 119 Å². The molecule has 2 aromatic carbocycles. The van der Waals surface area contributed by atoms with Crippen molar-refractivity contribution in [2.24, 2.45) is 0 Å². The average Bonchev–Trinajstić information content (AvgIpc) is 2.83. The molecule has 0 aliphatic carbocycles. The Balaban J connectivity index is 2.92. The fourth-order valence-corrected chi connectivity index (χ4v) is 4.80. The van der Waals surface area contributed by atoms with Crippen molar-refractivity contribution in [3.63, 3.8) is 0 Å². The molecule has 6 nitrogen and oxygen atoms in total. The van der Waals surface area contributed by atoms with Gasteiger partial charge in [0, 0.05) is 22.3 Å². The van der Waals surface area contributed by atoms with Crippen LogP contribution in [0.15, 0.2) is 24.3 Å². The number of esters is 2. The lowest BCUT2D eigenvalue weighted by Gasteiger charge is -2.32. The summed E-state index contributed by atoms with van der Waals surface area (Å²) in [4.78, 5) is 24.5. The quantitative estimate of drug-likeness (QED) is 0.276. The van der Waals surface area contributed by atoms with Crippen molar-refractivity contribution in [2.75, 3.05) is 26.4 Å². The van der Waals surface area contributed by atoms with E-state index in [2.05, 4.69) is 107 Å². The second-order valence-corrected chi connectivity index (χ2v) is 15.0. The van der Waals surface area contributed by atoms with E-state index in [1.165, 1.54) is 0 Å². The number of ether oxygens (including phenoxy) is 4. The highest BCUT2D eigenvalue weighted by atomic mass is 16.6.